The Labute approximate surface area is 169 Å². The van der Waals surface area contributed by atoms with Crippen molar-refractivity contribution < 1.29 is 19.5 Å². The first-order valence-corrected chi connectivity index (χ1v) is 10.4. The van der Waals surface area contributed by atoms with E-state index in [0.717, 1.165) is 25.7 Å². The van der Waals surface area contributed by atoms with Gasteiger partial charge in [0.15, 0.2) is 5.78 Å². The second-order valence-electron chi connectivity index (χ2n) is 7.70. The van der Waals surface area contributed by atoms with Gasteiger partial charge in [-0.3, -0.25) is 14.4 Å². The van der Waals surface area contributed by atoms with E-state index in [1.54, 1.807) is 13.8 Å². The standard InChI is InChI=1S/C20H40N4O4/c1-5-6-7-8-9-15(12-22)19(27)24-17(14(4)25)20(28)23-16(10-11-21)18(26)13(2)3/h13-17,25H,5-12,21-22H2,1-4H3,(H,23,28)(H,24,27)/t14-,15?,16-,17-/m0/s1. The number of Topliss-reactive ketones (excluding diaryl/α,β-unsaturated/α-hetero) is 1. The molecule has 164 valence electrons. The molecule has 0 bridgehead atoms. The molecule has 0 aromatic heterocycles. The van der Waals surface area contributed by atoms with Crippen molar-refractivity contribution in [3.05, 3.63) is 0 Å². The average Bonchev–Trinajstić information content (AvgIpc) is 2.64. The van der Waals surface area contributed by atoms with Crippen LogP contribution in [-0.2, 0) is 14.4 Å². The molecule has 4 atom stereocenters. The van der Waals surface area contributed by atoms with Crippen LogP contribution in [0.3, 0.4) is 0 Å². The van der Waals surface area contributed by atoms with Gasteiger partial charge < -0.3 is 27.2 Å². The van der Waals surface area contributed by atoms with Crippen LogP contribution in [0.2, 0.25) is 0 Å². The number of rotatable bonds is 15. The third kappa shape index (κ3) is 9.61. The van der Waals surface area contributed by atoms with E-state index in [9.17, 15) is 19.5 Å². The summed E-state index contributed by atoms with van der Waals surface area (Å²) < 4.78 is 0. The molecule has 0 aliphatic carbocycles. The molecule has 8 nitrogen and oxygen atoms in total. The molecule has 7 N–H and O–H groups in total. The Kier molecular flexibility index (Phi) is 13.7. The fourth-order valence-electron chi connectivity index (χ4n) is 2.97. The highest BCUT2D eigenvalue weighted by atomic mass is 16.3. The lowest BCUT2D eigenvalue weighted by atomic mass is 9.97. The van der Waals surface area contributed by atoms with E-state index in [1.165, 1.54) is 6.92 Å². The number of amides is 2. The van der Waals surface area contributed by atoms with Gasteiger partial charge >= 0.3 is 0 Å². The van der Waals surface area contributed by atoms with Crippen LogP contribution in [-0.4, -0.2) is 54.0 Å². The lowest BCUT2D eigenvalue weighted by molar-refractivity contribution is -0.135. The molecule has 0 heterocycles. The molecule has 0 aromatic carbocycles. The van der Waals surface area contributed by atoms with Crippen molar-refractivity contribution in [2.24, 2.45) is 23.3 Å². The van der Waals surface area contributed by atoms with E-state index >= 15 is 0 Å². The van der Waals surface area contributed by atoms with Crippen molar-refractivity contribution in [3.63, 3.8) is 0 Å². The maximum atomic E-state index is 12.6. The minimum absolute atomic E-state index is 0.134. The van der Waals surface area contributed by atoms with Crippen molar-refractivity contribution in [1.29, 1.82) is 0 Å². The fourth-order valence-corrected chi connectivity index (χ4v) is 2.97. The lowest BCUT2D eigenvalue weighted by Gasteiger charge is -2.26. The number of nitrogens with one attached hydrogen (secondary N) is 2. The Balaban J connectivity index is 5.00. The minimum atomic E-state index is -1.16. The van der Waals surface area contributed by atoms with Gasteiger partial charge in [-0.2, -0.15) is 0 Å². The number of aliphatic hydroxyl groups is 1. The summed E-state index contributed by atoms with van der Waals surface area (Å²) in [7, 11) is 0. The van der Waals surface area contributed by atoms with Crippen molar-refractivity contribution in [2.45, 2.75) is 84.4 Å². The Bertz CT molecular complexity index is 483. The fraction of sp³-hybridized carbons (Fsp3) is 0.850. The van der Waals surface area contributed by atoms with E-state index in [0.29, 0.717) is 12.8 Å². The van der Waals surface area contributed by atoms with Gasteiger partial charge in [-0.05, 0) is 26.3 Å². The second-order valence-corrected chi connectivity index (χ2v) is 7.70. The number of hydrogen-bond acceptors (Lipinski definition) is 6. The van der Waals surface area contributed by atoms with Crippen LogP contribution in [0.15, 0.2) is 0 Å². The van der Waals surface area contributed by atoms with Gasteiger partial charge in [-0.15, -0.1) is 0 Å². The number of hydrogen-bond donors (Lipinski definition) is 5. The van der Waals surface area contributed by atoms with Crippen LogP contribution >= 0.6 is 0 Å². The van der Waals surface area contributed by atoms with Crippen molar-refractivity contribution in [3.8, 4) is 0 Å². The van der Waals surface area contributed by atoms with Crippen LogP contribution < -0.4 is 22.1 Å². The molecule has 0 saturated heterocycles. The van der Waals surface area contributed by atoms with Crippen LogP contribution in [0.5, 0.6) is 0 Å². The maximum absolute atomic E-state index is 12.6. The highest BCUT2D eigenvalue weighted by molar-refractivity contribution is 5.94. The monoisotopic (exact) mass is 400 g/mol. The second kappa shape index (κ2) is 14.5. The van der Waals surface area contributed by atoms with Crippen LogP contribution in [0.4, 0.5) is 0 Å². The number of ketones is 1. The van der Waals surface area contributed by atoms with E-state index in [4.69, 9.17) is 11.5 Å². The molecule has 2 amide bonds. The average molecular weight is 401 g/mol. The predicted octanol–water partition coefficient (Wildman–Crippen LogP) is 0.456. The van der Waals surface area contributed by atoms with Crippen molar-refractivity contribution in [2.75, 3.05) is 13.1 Å². The predicted molar refractivity (Wildman–Crippen MR) is 110 cm³/mol. The quantitative estimate of drug-likeness (QED) is 0.252. The summed E-state index contributed by atoms with van der Waals surface area (Å²) in [6, 6.07) is -1.90. The van der Waals surface area contributed by atoms with Gasteiger partial charge in [0.25, 0.3) is 0 Å². The van der Waals surface area contributed by atoms with Gasteiger partial charge in [0.1, 0.15) is 6.04 Å². The third-order valence-electron chi connectivity index (χ3n) is 4.81. The zero-order chi connectivity index (χ0) is 21.7. The summed E-state index contributed by atoms with van der Waals surface area (Å²) in [5.74, 6) is -1.77. The topological polar surface area (TPSA) is 148 Å². The first kappa shape index (κ1) is 26.5. The number of carbonyl (C=O) groups is 3. The van der Waals surface area contributed by atoms with Crippen molar-refractivity contribution >= 4 is 17.6 Å². The molecule has 0 radical (unpaired) electrons. The molecule has 0 aromatic rings. The van der Waals surface area contributed by atoms with Crippen LogP contribution in [0, 0.1) is 11.8 Å². The smallest absolute Gasteiger partial charge is 0.245 e. The molecule has 1 unspecified atom stereocenters. The zero-order valence-electron chi connectivity index (χ0n) is 17.9. The van der Waals surface area contributed by atoms with E-state index in [2.05, 4.69) is 17.6 Å². The molecule has 28 heavy (non-hydrogen) atoms. The molecule has 0 aliphatic heterocycles. The third-order valence-corrected chi connectivity index (χ3v) is 4.81. The number of nitrogens with two attached hydrogens (primary N) is 2. The summed E-state index contributed by atoms with van der Waals surface area (Å²) in [5.41, 5.74) is 11.3. The number of unbranched alkanes of at least 4 members (excludes halogenated alkanes) is 3. The SMILES string of the molecule is CCCCCCC(CN)C(=O)N[C@H](C(=O)N[C@@H](CCN)C(=O)C(C)C)[C@H](C)O. The normalized spacial score (nSPS) is 15.6. The summed E-state index contributed by atoms with van der Waals surface area (Å²) in [4.78, 5) is 37.4. The van der Waals surface area contributed by atoms with E-state index in [1.807, 2.05) is 0 Å². The van der Waals surface area contributed by atoms with E-state index < -0.39 is 30.0 Å². The van der Waals surface area contributed by atoms with E-state index in [-0.39, 0.29) is 30.7 Å². The molecule has 0 fully saturated rings. The Morgan fingerprint density at radius 1 is 0.929 bits per heavy atom. The Hall–Kier alpha value is -1.51. The lowest BCUT2D eigenvalue weighted by Crippen LogP contribution is -2.57. The van der Waals surface area contributed by atoms with Crippen molar-refractivity contribution in [1.82, 2.24) is 10.6 Å². The summed E-state index contributed by atoms with van der Waals surface area (Å²) in [6.07, 6.45) is 3.93. The maximum Gasteiger partial charge on any atom is 0.245 e. The summed E-state index contributed by atoms with van der Waals surface area (Å²) in [6.45, 7) is 7.44. The number of carbonyl (C=O) groups excluding carboxylic acids is 3. The first-order chi connectivity index (χ1) is 13.2. The molecular weight excluding hydrogens is 360 g/mol. The molecular formula is C20H40N4O4. The van der Waals surface area contributed by atoms with Gasteiger partial charge in [-0.1, -0.05) is 46.5 Å². The molecule has 0 spiro atoms. The van der Waals surface area contributed by atoms with Gasteiger partial charge in [0.2, 0.25) is 11.8 Å². The summed E-state index contributed by atoms with van der Waals surface area (Å²) >= 11 is 0. The Morgan fingerprint density at radius 3 is 2.04 bits per heavy atom. The number of aliphatic hydroxyl groups excluding tert-OH is 1. The van der Waals surface area contributed by atoms with Gasteiger partial charge in [0.05, 0.1) is 18.1 Å². The molecule has 0 saturated carbocycles. The Morgan fingerprint density at radius 2 is 1.57 bits per heavy atom. The summed E-state index contributed by atoms with van der Waals surface area (Å²) in [5, 5.41) is 15.2. The molecule has 0 rings (SSSR count). The van der Waals surface area contributed by atoms with Crippen LogP contribution in [0.1, 0.15) is 66.2 Å². The molecule has 8 heteroatoms. The largest absolute Gasteiger partial charge is 0.391 e. The van der Waals surface area contributed by atoms with Gasteiger partial charge in [0, 0.05) is 12.5 Å². The highest BCUT2D eigenvalue weighted by Gasteiger charge is 2.31. The highest BCUT2D eigenvalue weighted by Crippen LogP contribution is 2.11. The first-order valence-electron chi connectivity index (χ1n) is 10.4. The zero-order valence-corrected chi connectivity index (χ0v) is 17.9. The minimum Gasteiger partial charge on any atom is -0.391 e. The molecule has 0 aliphatic rings. The van der Waals surface area contributed by atoms with Gasteiger partial charge in [-0.25, -0.2) is 0 Å². The van der Waals surface area contributed by atoms with Crippen LogP contribution in [0.25, 0.3) is 0 Å².